The van der Waals surface area contributed by atoms with Gasteiger partial charge in [-0.05, 0) is 77.1 Å². The smallest absolute Gasteiger partial charge is 0.250 e. The second-order valence-corrected chi connectivity index (χ2v) is 10.7. The van der Waals surface area contributed by atoms with Gasteiger partial charge in [0, 0.05) is 44.2 Å². The Morgan fingerprint density at radius 2 is 1.81 bits per heavy atom. The zero-order valence-electron chi connectivity index (χ0n) is 22.6. The van der Waals surface area contributed by atoms with Crippen LogP contribution in [0.25, 0.3) is 0 Å². The van der Waals surface area contributed by atoms with Crippen molar-refractivity contribution in [1.29, 1.82) is 0 Å². The second-order valence-electron chi connectivity index (χ2n) is 10.7. The van der Waals surface area contributed by atoms with Gasteiger partial charge in [0.05, 0.1) is 17.4 Å². The summed E-state index contributed by atoms with van der Waals surface area (Å²) < 4.78 is 6.60. The summed E-state index contributed by atoms with van der Waals surface area (Å²) in [7, 11) is 0. The summed E-state index contributed by atoms with van der Waals surface area (Å²) in [5.41, 5.74) is -0.0847. The monoisotopic (exact) mass is 514 g/mol. The minimum absolute atomic E-state index is 0.0168. The molecule has 3 N–H and O–H groups in total. The Morgan fingerprint density at radius 1 is 1.11 bits per heavy atom. The summed E-state index contributed by atoms with van der Waals surface area (Å²) in [6.45, 7) is 10.8. The van der Waals surface area contributed by atoms with Crippen LogP contribution in [0.2, 0.25) is 0 Å². The molecule has 1 aromatic carbocycles. The number of nitrogens with one attached hydrogen (secondary N) is 2. The van der Waals surface area contributed by atoms with E-state index in [9.17, 15) is 19.5 Å². The molecule has 0 aromatic heterocycles. The first-order chi connectivity index (χ1) is 17.8. The summed E-state index contributed by atoms with van der Waals surface area (Å²) in [5, 5.41) is 15.3. The fourth-order valence-corrected chi connectivity index (χ4v) is 6.67. The summed E-state index contributed by atoms with van der Waals surface area (Å²) in [6, 6.07) is 6.88. The van der Waals surface area contributed by atoms with Crippen molar-refractivity contribution in [2.75, 3.05) is 43.0 Å². The minimum atomic E-state index is -1.04. The highest BCUT2D eigenvalue weighted by Crippen LogP contribution is 2.63. The lowest BCUT2D eigenvalue weighted by Crippen LogP contribution is -2.53. The van der Waals surface area contributed by atoms with Crippen LogP contribution in [0.1, 0.15) is 59.8 Å². The number of aliphatic hydroxyl groups excluding tert-OH is 1. The molecular formula is C28H42N4O5. The van der Waals surface area contributed by atoms with Crippen LogP contribution in [0.4, 0.5) is 11.4 Å². The first-order valence-electron chi connectivity index (χ1n) is 13.8. The van der Waals surface area contributed by atoms with Crippen molar-refractivity contribution in [3.8, 4) is 0 Å². The molecule has 5 atom stereocenters. The third kappa shape index (κ3) is 4.72. The number of rotatable bonds is 12. The van der Waals surface area contributed by atoms with Gasteiger partial charge in [-0.15, -0.1) is 0 Å². The van der Waals surface area contributed by atoms with Gasteiger partial charge < -0.3 is 30.3 Å². The Labute approximate surface area is 219 Å². The van der Waals surface area contributed by atoms with Crippen molar-refractivity contribution in [1.82, 2.24) is 10.2 Å². The van der Waals surface area contributed by atoms with Crippen molar-refractivity contribution in [3.63, 3.8) is 0 Å². The van der Waals surface area contributed by atoms with Gasteiger partial charge in [-0.25, -0.2) is 0 Å². The highest BCUT2D eigenvalue weighted by molar-refractivity contribution is 6.03. The van der Waals surface area contributed by atoms with Crippen molar-refractivity contribution in [2.45, 2.75) is 77.0 Å². The Kier molecular flexibility index (Phi) is 8.14. The lowest BCUT2D eigenvalue weighted by atomic mass is 9.66. The third-order valence-corrected chi connectivity index (χ3v) is 8.43. The first kappa shape index (κ1) is 27.4. The minimum Gasteiger partial charge on any atom is -0.396 e. The molecule has 1 spiro atoms. The van der Waals surface area contributed by atoms with Gasteiger partial charge in [0.15, 0.2) is 0 Å². The van der Waals surface area contributed by atoms with E-state index in [0.29, 0.717) is 44.5 Å². The molecule has 1 aromatic rings. The van der Waals surface area contributed by atoms with Gasteiger partial charge in [-0.3, -0.25) is 14.4 Å². The SMILES string of the molecule is CCCNC(=O)[C@H]1[C@H]2C(=O)N(CCCCO)C(C(=O)Nc3ccc(N(CC)CC)cc3)C23CC[C@]1(C)O3. The molecule has 9 heteroatoms. The van der Waals surface area contributed by atoms with Crippen LogP contribution in [0.5, 0.6) is 0 Å². The maximum atomic E-state index is 13.9. The van der Waals surface area contributed by atoms with Crippen molar-refractivity contribution < 1.29 is 24.2 Å². The Hall–Kier alpha value is -2.65. The number of likely N-dealkylation sites (tertiary alicyclic amines) is 1. The summed E-state index contributed by atoms with van der Waals surface area (Å²) >= 11 is 0. The fraction of sp³-hybridized carbons (Fsp3) is 0.679. The molecule has 204 valence electrons. The third-order valence-electron chi connectivity index (χ3n) is 8.43. The lowest BCUT2D eigenvalue weighted by molar-refractivity contribution is -0.144. The highest BCUT2D eigenvalue weighted by Gasteiger charge is 2.77. The number of anilines is 2. The quantitative estimate of drug-likeness (QED) is 0.370. The number of hydrogen-bond donors (Lipinski definition) is 3. The van der Waals surface area contributed by atoms with Crippen LogP contribution in [0, 0.1) is 11.8 Å². The molecule has 4 rings (SSSR count). The van der Waals surface area contributed by atoms with Gasteiger partial charge in [0.2, 0.25) is 17.7 Å². The molecule has 2 unspecified atom stereocenters. The predicted molar refractivity (Wildman–Crippen MR) is 142 cm³/mol. The van der Waals surface area contributed by atoms with Crippen LogP contribution in [-0.4, -0.2) is 77.8 Å². The van der Waals surface area contributed by atoms with Gasteiger partial charge in [0.1, 0.15) is 11.6 Å². The highest BCUT2D eigenvalue weighted by atomic mass is 16.5. The van der Waals surface area contributed by atoms with Crippen LogP contribution in [0.3, 0.4) is 0 Å². The molecule has 3 fully saturated rings. The van der Waals surface area contributed by atoms with Gasteiger partial charge in [0.25, 0.3) is 0 Å². The number of carbonyl (C=O) groups excluding carboxylic acids is 3. The van der Waals surface area contributed by atoms with E-state index >= 15 is 0 Å². The number of fused-ring (bicyclic) bond motifs is 1. The van der Waals surface area contributed by atoms with Gasteiger partial charge in [-0.1, -0.05) is 6.92 Å². The number of ether oxygens (including phenoxy) is 1. The molecule has 3 amide bonds. The molecule has 0 aliphatic carbocycles. The molecular weight excluding hydrogens is 472 g/mol. The summed E-state index contributed by atoms with van der Waals surface area (Å²) in [5.74, 6) is -2.00. The Bertz CT molecular complexity index is 997. The molecule has 9 nitrogen and oxygen atoms in total. The van der Waals surface area contributed by atoms with E-state index in [4.69, 9.17) is 4.74 Å². The molecule has 3 aliphatic heterocycles. The Morgan fingerprint density at radius 3 is 2.43 bits per heavy atom. The molecule has 3 saturated heterocycles. The Balaban J connectivity index is 1.63. The number of amides is 3. The predicted octanol–water partition coefficient (Wildman–Crippen LogP) is 2.53. The van der Waals surface area contributed by atoms with E-state index in [-0.39, 0.29) is 24.3 Å². The van der Waals surface area contributed by atoms with E-state index in [1.807, 2.05) is 38.1 Å². The number of benzene rings is 1. The van der Waals surface area contributed by atoms with E-state index in [1.54, 1.807) is 4.90 Å². The second kappa shape index (κ2) is 11.0. The van der Waals surface area contributed by atoms with Crippen molar-refractivity contribution in [2.24, 2.45) is 11.8 Å². The number of aliphatic hydroxyl groups is 1. The molecule has 3 aliphatic rings. The number of carbonyl (C=O) groups is 3. The fourth-order valence-electron chi connectivity index (χ4n) is 6.67. The van der Waals surface area contributed by atoms with Crippen LogP contribution in [-0.2, 0) is 19.1 Å². The normalized spacial score (nSPS) is 29.9. The first-order valence-corrected chi connectivity index (χ1v) is 13.8. The van der Waals surface area contributed by atoms with Crippen molar-refractivity contribution >= 4 is 29.1 Å². The van der Waals surface area contributed by atoms with Gasteiger partial charge >= 0.3 is 0 Å². The number of nitrogens with zero attached hydrogens (tertiary/aromatic N) is 2. The largest absolute Gasteiger partial charge is 0.396 e. The molecule has 3 heterocycles. The number of unbranched alkanes of at least 4 members (excludes halogenated alkanes) is 1. The van der Waals surface area contributed by atoms with E-state index in [1.165, 1.54) is 0 Å². The maximum Gasteiger partial charge on any atom is 0.250 e. The summed E-state index contributed by atoms with van der Waals surface area (Å²) in [6.07, 6.45) is 3.06. The number of hydrogen-bond acceptors (Lipinski definition) is 6. The summed E-state index contributed by atoms with van der Waals surface area (Å²) in [4.78, 5) is 44.8. The zero-order chi connectivity index (χ0) is 26.8. The molecule has 0 saturated carbocycles. The average Bonchev–Trinajstić information content (AvgIpc) is 3.45. The van der Waals surface area contributed by atoms with E-state index in [2.05, 4.69) is 29.4 Å². The molecule has 37 heavy (non-hydrogen) atoms. The maximum absolute atomic E-state index is 13.9. The van der Waals surface area contributed by atoms with Crippen LogP contribution < -0.4 is 15.5 Å². The average molecular weight is 515 g/mol. The zero-order valence-corrected chi connectivity index (χ0v) is 22.6. The van der Waals surface area contributed by atoms with Crippen molar-refractivity contribution in [3.05, 3.63) is 24.3 Å². The van der Waals surface area contributed by atoms with E-state index < -0.39 is 29.1 Å². The standard InChI is InChI=1S/C28H42N4O5/c1-5-16-29-24(34)21-22-26(36)32(17-8-9-18-33)23(28(22)15-14-27(21,4)37-28)25(35)30-19-10-12-20(13-11-19)31(6-2)7-3/h10-13,21-23,33H,5-9,14-18H2,1-4H3,(H,29,34)(H,30,35)/t21-,22+,23?,27+,28?/m1/s1. The molecule has 2 bridgehead atoms. The van der Waals surface area contributed by atoms with E-state index in [0.717, 1.165) is 25.2 Å². The van der Waals surface area contributed by atoms with Crippen LogP contribution in [0.15, 0.2) is 24.3 Å². The van der Waals surface area contributed by atoms with Crippen LogP contribution >= 0.6 is 0 Å². The topological polar surface area (TPSA) is 111 Å². The lowest BCUT2D eigenvalue weighted by Gasteiger charge is -2.33. The van der Waals surface area contributed by atoms with Gasteiger partial charge in [-0.2, -0.15) is 0 Å². The molecule has 0 radical (unpaired) electrons.